The van der Waals surface area contributed by atoms with Crippen LogP contribution in [0.1, 0.15) is 0 Å². The Morgan fingerprint density at radius 3 is 2.78 bits per heavy atom. The Morgan fingerprint density at radius 1 is 1.39 bits per heavy atom. The van der Waals surface area contributed by atoms with Gasteiger partial charge in [0, 0.05) is 17.1 Å². The molecule has 2 rings (SSSR count). The van der Waals surface area contributed by atoms with E-state index in [1.54, 1.807) is 12.3 Å². The molecule has 0 spiro atoms. The summed E-state index contributed by atoms with van der Waals surface area (Å²) in [5, 5.41) is 6.50. The molecule has 7 heteroatoms. The van der Waals surface area contributed by atoms with E-state index >= 15 is 0 Å². The highest BCUT2D eigenvalue weighted by Crippen LogP contribution is 2.15. The summed E-state index contributed by atoms with van der Waals surface area (Å²) in [6, 6.07) is 3.18. The number of alkyl halides is 3. The molecular weight excluding hydrogens is 311 g/mol. The minimum atomic E-state index is -4.27. The molecule has 1 aliphatic rings. The molecule has 0 atom stereocenters. The number of hydrogen-bond acceptors (Lipinski definition) is 3. The lowest BCUT2D eigenvalue weighted by Gasteiger charge is -2.12. The van der Waals surface area contributed by atoms with Gasteiger partial charge in [-0.1, -0.05) is 6.58 Å². The van der Waals surface area contributed by atoms with Gasteiger partial charge in [0.05, 0.1) is 9.83 Å². The van der Waals surface area contributed by atoms with Gasteiger partial charge in [-0.3, -0.25) is 0 Å². The second-order valence-electron chi connectivity index (χ2n) is 3.68. The molecule has 18 heavy (non-hydrogen) atoms. The number of pyridine rings is 1. The Balaban J connectivity index is 2.36. The van der Waals surface area contributed by atoms with Gasteiger partial charge in [-0.25, -0.2) is 4.98 Å². The van der Waals surface area contributed by atoms with Gasteiger partial charge >= 0.3 is 6.18 Å². The van der Waals surface area contributed by atoms with E-state index in [2.05, 4.69) is 38.1 Å². The summed E-state index contributed by atoms with van der Waals surface area (Å²) >= 11 is 3.30. The molecule has 1 aromatic rings. The van der Waals surface area contributed by atoms with E-state index in [1.807, 2.05) is 0 Å². The van der Waals surface area contributed by atoms with Crippen LogP contribution in [0.25, 0.3) is 10.7 Å². The maximum Gasteiger partial charge on any atom is 0.405 e. The normalized spacial score (nSPS) is 14.7. The van der Waals surface area contributed by atoms with Crippen molar-refractivity contribution in [3.05, 3.63) is 35.0 Å². The number of rotatable bonds is 2. The van der Waals surface area contributed by atoms with Crippen molar-refractivity contribution in [1.82, 2.24) is 10.3 Å². The summed E-state index contributed by atoms with van der Waals surface area (Å²) in [6.07, 6.45) is -2.57. The Morgan fingerprint density at radius 2 is 2.11 bits per heavy atom. The number of nitrogens with zero attached hydrogens (tertiary/aromatic N) is 1. The van der Waals surface area contributed by atoms with E-state index < -0.39 is 12.7 Å². The Hall–Kier alpha value is -1.50. The molecular formula is C11H9BrF3N3. The first-order valence-corrected chi connectivity index (χ1v) is 5.79. The quantitative estimate of drug-likeness (QED) is 0.865. The highest BCUT2D eigenvalue weighted by Gasteiger charge is 2.26. The molecule has 0 bridgehead atoms. The van der Waals surface area contributed by atoms with Crippen molar-refractivity contribution in [2.45, 2.75) is 6.18 Å². The number of nitrogens with one attached hydrogen (secondary N) is 2. The molecule has 0 radical (unpaired) electrons. The summed E-state index contributed by atoms with van der Waals surface area (Å²) in [4.78, 5) is 4.12. The molecule has 3 nitrogen and oxygen atoms in total. The van der Waals surface area contributed by atoms with Crippen LogP contribution >= 0.6 is 15.9 Å². The topological polar surface area (TPSA) is 37.0 Å². The largest absolute Gasteiger partial charge is 0.405 e. The molecule has 0 fully saturated rings. The standard InChI is InChI=1S/C11H9BrF3N3/c1-6-9(12)10-7(4-16-6)2-3-8(18-10)17-5-11(13,14)15/h2-4,16H,1,5H2,(H,17,18). The van der Waals surface area contributed by atoms with Crippen LogP contribution in [0.2, 0.25) is 0 Å². The fourth-order valence-electron chi connectivity index (χ4n) is 1.42. The van der Waals surface area contributed by atoms with Gasteiger partial charge < -0.3 is 10.6 Å². The van der Waals surface area contributed by atoms with Crippen molar-refractivity contribution >= 4 is 32.4 Å². The molecule has 2 heterocycles. The molecule has 2 N–H and O–H groups in total. The van der Waals surface area contributed by atoms with Crippen LogP contribution in [0.4, 0.5) is 19.0 Å². The predicted octanol–water partition coefficient (Wildman–Crippen LogP) is 1.41. The van der Waals surface area contributed by atoms with Gasteiger partial charge in [-0.15, -0.1) is 0 Å². The van der Waals surface area contributed by atoms with Gasteiger partial charge in [0.25, 0.3) is 0 Å². The third kappa shape index (κ3) is 2.84. The number of allylic oxidation sites excluding steroid dienone is 1. The average Bonchev–Trinajstić information content (AvgIpc) is 2.31. The van der Waals surface area contributed by atoms with E-state index in [-0.39, 0.29) is 5.82 Å². The van der Waals surface area contributed by atoms with Crippen molar-refractivity contribution in [1.29, 1.82) is 0 Å². The Kier molecular flexibility index (Phi) is 3.34. The van der Waals surface area contributed by atoms with Crippen molar-refractivity contribution in [2.75, 3.05) is 11.9 Å². The summed E-state index contributed by atoms with van der Waals surface area (Å²) in [5.74, 6) is 0.172. The van der Waals surface area contributed by atoms with Gasteiger partial charge in [-0.2, -0.15) is 13.2 Å². The monoisotopic (exact) mass is 319 g/mol. The van der Waals surface area contributed by atoms with Crippen LogP contribution in [0, 0.1) is 0 Å². The van der Waals surface area contributed by atoms with Gasteiger partial charge in [0.2, 0.25) is 0 Å². The summed E-state index contributed by atoms with van der Waals surface area (Å²) in [6.45, 7) is 2.63. The zero-order chi connectivity index (χ0) is 13.3. The molecule has 0 aromatic carbocycles. The van der Waals surface area contributed by atoms with E-state index in [1.165, 1.54) is 6.07 Å². The summed E-state index contributed by atoms with van der Waals surface area (Å²) < 4.78 is 36.9. The van der Waals surface area contributed by atoms with Crippen molar-refractivity contribution in [3.63, 3.8) is 0 Å². The number of aromatic nitrogens is 1. The lowest BCUT2D eigenvalue weighted by Crippen LogP contribution is -2.37. The van der Waals surface area contributed by atoms with Crippen LogP contribution < -0.4 is 21.2 Å². The molecule has 1 aromatic heterocycles. The fraction of sp³-hybridized carbons (Fsp3) is 0.182. The number of hydrogen-bond donors (Lipinski definition) is 2. The molecule has 0 unspecified atom stereocenters. The second-order valence-corrected chi connectivity index (χ2v) is 4.48. The first-order chi connectivity index (χ1) is 8.37. The van der Waals surface area contributed by atoms with Gasteiger partial charge in [0.15, 0.2) is 0 Å². The highest BCUT2D eigenvalue weighted by atomic mass is 79.9. The predicted molar refractivity (Wildman–Crippen MR) is 67.1 cm³/mol. The lowest BCUT2D eigenvalue weighted by molar-refractivity contribution is -0.115. The van der Waals surface area contributed by atoms with Crippen LogP contribution in [0.5, 0.6) is 0 Å². The number of anilines is 1. The second kappa shape index (κ2) is 4.64. The molecule has 0 saturated carbocycles. The summed E-state index contributed by atoms with van der Waals surface area (Å²) in [7, 11) is 0. The Labute approximate surface area is 109 Å². The zero-order valence-electron chi connectivity index (χ0n) is 9.11. The molecule has 0 amide bonds. The fourth-order valence-corrected chi connectivity index (χ4v) is 1.85. The Bertz CT molecular complexity index is 607. The summed E-state index contributed by atoms with van der Waals surface area (Å²) in [5.41, 5.74) is 0.614. The van der Waals surface area contributed by atoms with Crippen molar-refractivity contribution in [2.24, 2.45) is 0 Å². The molecule has 0 saturated heterocycles. The zero-order valence-corrected chi connectivity index (χ0v) is 10.7. The molecule has 0 aliphatic carbocycles. The lowest BCUT2D eigenvalue weighted by atomic mass is 10.2. The third-order valence-corrected chi connectivity index (χ3v) is 3.13. The first kappa shape index (κ1) is 12.9. The molecule has 1 aliphatic heterocycles. The van der Waals surface area contributed by atoms with Crippen molar-refractivity contribution < 1.29 is 13.2 Å². The number of fused-ring (bicyclic) bond motifs is 1. The maximum absolute atomic E-state index is 12.1. The average molecular weight is 320 g/mol. The van der Waals surface area contributed by atoms with E-state index in [0.29, 0.717) is 15.5 Å². The smallest absolute Gasteiger partial charge is 0.361 e. The van der Waals surface area contributed by atoms with Crippen LogP contribution in [-0.2, 0) is 0 Å². The number of halogens is 4. The van der Waals surface area contributed by atoms with Crippen LogP contribution in [0.3, 0.4) is 0 Å². The van der Waals surface area contributed by atoms with E-state index in [9.17, 15) is 13.2 Å². The minimum Gasteiger partial charge on any atom is -0.361 e. The van der Waals surface area contributed by atoms with Crippen LogP contribution in [0.15, 0.2) is 24.4 Å². The van der Waals surface area contributed by atoms with E-state index in [0.717, 1.165) is 5.22 Å². The SMILES string of the molecule is C=C1NC=c2ccc(NCC(F)(F)F)nc2=C1Br. The van der Waals surface area contributed by atoms with E-state index in [4.69, 9.17) is 0 Å². The van der Waals surface area contributed by atoms with Gasteiger partial charge in [0.1, 0.15) is 12.4 Å². The minimum absolute atomic E-state index is 0.172. The third-order valence-electron chi connectivity index (χ3n) is 2.27. The van der Waals surface area contributed by atoms with Crippen LogP contribution in [-0.4, -0.2) is 17.7 Å². The first-order valence-electron chi connectivity index (χ1n) is 5.00. The van der Waals surface area contributed by atoms with Crippen molar-refractivity contribution in [3.8, 4) is 0 Å². The maximum atomic E-state index is 12.1. The molecule has 96 valence electrons. The van der Waals surface area contributed by atoms with Gasteiger partial charge in [-0.05, 0) is 28.1 Å². The highest BCUT2D eigenvalue weighted by molar-refractivity contribution is 9.15.